The summed E-state index contributed by atoms with van der Waals surface area (Å²) in [4.78, 5) is 27.0. The molecular weight excluding hydrogens is 410 g/mol. The molecule has 5 rings (SSSR count). The van der Waals surface area contributed by atoms with Gasteiger partial charge in [-0.15, -0.1) is 5.10 Å². The van der Waals surface area contributed by atoms with E-state index in [1.54, 1.807) is 24.3 Å². The second kappa shape index (κ2) is 5.85. The van der Waals surface area contributed by atoms with E-state index in [1.807, 2.05) is 36.4 Å². The minimum atomic E-state index is -0.487. The lowest BCUT2D eigenvalue weighted by molar-refractivity contribution is 0.0886. The summed E-state index contributed by atoms with van der Waals surface area (Å²) in [6, 6.07) is 17.8. The molecule has 0 atom stereocenters. The Morgan fingerprint density at radius 1 is 0.815 bits per heavy atom. The van der Waals surface area contributed by atoms with E-state index in [-0.39, 0.29) is 11.9 Å². The third-order valence-electron chi connectivity index (χ3n) is 4.48. The molecule has 130 valence electrons. The van der Waals surface area contributed by atoms with Crippen molar-refractivity contribution in [2.45, 2.75) is 0 Å². The molecule has 1 aliphatic rings. The molecule has 2 amide bonds. The van der Waals surface area contributed by atoms with Crippen molar-refractivity contribution in [1.82, 2.24) is 10.2 Å². The third kappa shape index (κ3) is 2.32. The van der Waals surface area contributed by atoms with Gasteiger partial charge >= 0.3 is 6.01 Å². The van der Waals surface area contributed by atoms with E-state index in [0.717, 1.165) is 14.8 Å². The molecule has 0 fully saturated rings. The van der Waals surface area contributed by atoms with Gasteiger partial charge in [0.1, 0.15) is 0 Å². The van der Waals surface area contributed by atoms with Gasteiger partial charge in [-0.3, -0.25) is 9.59 Å². The minimum absolute atomic E-state index is 0.144. The third-order valence-corrected chi connectivity index (χ3v) is 5.17. The predicted octanol–water partition coefficient (Wildman–Crippen LogP) is 4.45. The fraction of sp³-hybridized carbons (Fsp3) is 0. The molecule has 4 aromatic rings. The maximum atomic E-state index is 13.0. The quantitative estimate of drug-likeness (QED) is 0.448. The fourth-order valence-corrected chi connectivity index (χ4v) is 3.70. The second-order valence-electron chi connectivity index (χ2n) is 6.02. The molecular formula is C20H10BrN3O3. The van der Waals surface area contributed by atoms with Gasteiger partial charge in [0.25, 0.3) is 11.8 Å². The number of halogens is 1. The van der Waals surface area contributed by atoms with Crippen LogP contribution in [0.1, 0.15) is 20.7 Å². The summed E-state index contributed by atoms with van der Waals surface area (Å²) in [7, 11) is 0. The summed E-state index contributed by atoms with van der Waals surface area (Å²) in [6.07, 6.45) is 0. The van der Waals surface area contributed by atoms with Gasteiger partial charge in [-0.2, -0.15) is 4.90 Å². The summed E-state index contributed by atoms with van der Waals surface area (Å²) in [5.41, 5.74) is 1.55. The van der Waals surface area contributed by atoms with Gasteiger partial charge in [-0.1, -0.05) is 51.4 Å². The van der Waals surface area contributed by atoms with E-state index in [9.17, 15) is 9.59 Å². The molecule has 3 aromatic carbocycles. The number of rotatable bonds is 2. The zero-order valence-electron chi connectivity index (χ0n) is 13.7. The van der Waals surface area contributed by atoms with Crippen molar-refractivity contribution in [3.05, 3.63) is 76.3 Å². The van der Waals surface area contributed by atoms with Crippen LogP contribution < -0.4 is 4.90 Å². The van der Waals surface area contributed by atoms with Crippen LogP contribution in [-0.4, -0.2) is 22.0 Å². The Bertz CT molecular complexity index is 1210. The van der Waals surface area contributed by atoms with Gasteiger partial charge in [0.05, 0.1) is 0 Å². The number of carbonyl (C=O) groups excluding carboxylic acids is 2. The molecule has 2 heterocycles. The number of anilines is 1. The maximum absolute atomic E-state index is 13.0. The Morgan fingerprint density at radius 2 is 1.56 bits per heavy atom. The Kier molecular flexibility index (Phi) is 3.45. The molecule has 0 bridgehead atoms. The molecule has 0 unspecified atom stereocenters. The standard InChI is InChI=1S/C20H10BrN3O3/c21-15-10-9-14-16-12(15)7-4-8-13(16)18(25)24(19(14)26)20-23-22-17(27-20)11-5-2-1-3-6-11/h1-10H. The van der Waals surface area contributed by atoms with Crippen molar-refractivity contribution in [3.8, 4) is 11.5 Å². The molecule has 27 heavy (non-hydrogen) atoms. The SMILES string of the molecule is O=C1c2cccc3c(Br)ccc(c23)C(=O)N1c1nnc(-c2ccccc2)o1. The summed E-state index contributed by atoms with van der Waals surface area (Å²) in [5, 5.41) is 9.34. The summed E-state index contributed by atoms with van der Waals surface area (Å²) < 4.78 is 6.46. The number of nitrogens with zero attached hydrogens (tertiary/aromatic N) is 3. The Balaban J connectivity index is 1.66. The minimum Gasteiger partial charge on any atom is -0.403 e. The van der Waals surface area contributed by atoms with Gasteiger partial charge in [0, 0.05) is 26.5 Å². The van der Waals surface area contributed by atoms with E-state index >= 15 is 0 Å². The Labute approximate surface area is 161 Å². The van der Waals surface area contributed by atoms with Crippen LogP contribution >= 0.6 is 15.9 Å². The number of imide groups is 1. The van der Waals surface area contributed by atoms with E-state index in [4.69, 9.17) is 4.42 Å². The molecule has 0 saturated carbocycles. The van der Waals surface area contributed by atoms with Crippen LogP contribution in [0.15, 0.2) is 69.6 Å². The molecule has 0 saturated heterocycles. The van der Waals surface area contributed by atoms with Crippen LogP contribution in [0.25, 0.3) is 22.2 Å². The average Bonchev–Trinajstić information content (AvgIpc) is 3.18. The lowest BCUT2D eigenvalue weighted by atomic mass is 9.94. The van der Waals surface area contributed by atoms with Crippen LogP contribution in [0.3, 0.4) is 0 Å². The van der Waals surface area contributed by atoms with Crippen molar-refractivity contribution >= 4 is 44.5 Å². The first-order valence-electron chi connectivity index (χ1n) is 8.14. The topological polar surface area (TPSA) is 76.3 Å². The molecule has 0 N–H and O–H groups in total. The largest absolute Gasteiger partial charge is 0.403 e. The zero-order valence-corrected chi connectivity index (χ0v) is 15.3. The van der Waals surface area contributed by atoms with Crippen LogP contribution in [0.2, 0.25) is 0 Å². The van der Waals surface area contributed by atoms with Crippen molar-refractivity contribution in [1.29, 1.82) is 0 Å². The molecule has 7 heteroatoms. The smallest absolute Gasteiger partial charge is 0.332 e. The Morgan fingerprint density at radius 3 is 2.33 bits per heavy atom. The predicted molar refractivity (Wildman–Crippen MR) is 103 cm³/mol. The molecule has 0 radical (unpaired) electrons. The van der Waals surface area contributed by atoms with Crippen molar-refractivity contribution < 1.29 is 14.0 Å². The highest BCUT2D eigenvalue weighted by Crippen LogP contribution is 2.36. The number of amides is 2. The van der Waals surface area contributed by atoms with E-state index < -0.39 is 11.8 Å². The number of aromatic nitrogens is 2. The van der Waals surface area contributed by atoms with Gasteiger partial charge in [0.15, 0.2) is 0 Å². The average molecular weight is 420 g/mol. The highest BCUT2D eigenvalue weighted by atomic mass is 79.9. The van der Waals surface area contributed by atoms with Crippen LogP contribution in [0, 0.1) is 0 Å². The van der Waals surface area contributed by atoms with Gasteiger partial charge in [0.2, 0.25) is 5.89 Å². The summed E-state index contributed by atoms with van der Waals surface area (Å²) in [6.45, 7) is 0. The zero-order chi connectivity index (χ0) is 18.5. The molecule has 0 spiro atoms. The maximum Gasteiger partial charge on any atom is 0.332 e. The van der Waals surface area contributed by atoms with E-state index in [1.165, 1.54) is 0 Å². The highest BCUT2D eigenvalue weighted by molar-refractivity contribution is 9.10. The first-order chi connectivity index (χ1) is 13.1. The first kappa shape index (κ1) is 15.9. The molecule has 0 aliphatic carbocycles. The lowest BCUT2D eigenvalue weighted by Gasteiger charge is -2.24. The number of hydrogen-bond acceptors (Lipinski definition) is 5. The van der Waals surface area contributed by atoms with Crippen LogP contribution in [0.5, 0.6) is 0 Å². The highest BCUT2D eigenvalue weighted by Gasteiger charge is 2.37. The fourth-order valence-electron chi connectivity index (χ4n) is 3.24. The van der Waals surface area contributed by atoms with Gasteiger partial charge < -0.3 is 4.42 Å². The van der Waals surface area contributed by atoms with E-state index in [2.05, 4.69) is 26.1 Å². The van der Waals surface area contributed by atoms with Crippen molar-refractivity contribution in [3.63, 3.8) is 0 Å². The normalized spacial score (nSPS) is 13.4. The second-order valence-corrected chi connectivity index (χ2v) is 6.88. The van der Waals surface area contributed by atoms with Gasteiger partial charge in [-0.05, 0) is 35.7 Å². The molecule has 1 aliphatic heterocycles. The first-order valence-corrected chi connectivity index (χ1v) is 8.93. The Hall–Kier alpha value is -3.32. The number of benzene rings is 3. The van der Waals surface area contributed by atoms with E-state index in [0.29, 0.717) is 22.1 Å². The summed E-state index contributed by atoms with van der Waals surface area (Å²) >= 11 is 3.47. The van der Waals surface area contributed by atoms with Crippen LogP contribution in [-0.2, 0) is 0 Å². The monoisotopic (exact) mass is 419 g/mol. The number of carbonyl (C=O) groups is 2. The van der Waals surface area contributed by atoms with Crippen molar-refractivity contribution in [2.75, 3.05) is 4.90 Å². The summed E-state index contributed by atoms with van der Waals surface area (Å²) in [5.74, 6) is -0.732. The van der Waals surface area contributed by atoms with Crippen molar-refractivity contribution in [2.24, 2.45) is 0 Å². The molecule has 1 aromatic heterocycles. The van der Waals surface area contributed by atoms with Crippen LogP contribution in [0.4, 0.5) is 6.01 Å². The number of hydrogen-bond donors (Lipinski definition) is 0. The molecule has 6 nitrogen and oxygen atoms in total. The van der Waals surface area contributed by atoms with Gasteiger partial charge in [-0.25, -0.2) is 0 Å². The lowest BCUT2D eigenvalue weighted by Crippen LogP contribution is -2.40.